The van der Waals surface area contributed by atoms with Crippen LogP contribution in [0.4, 0.5) is 20.6 Å². The summed E-state index contributed by atoms with van der Waals surface area (Å²) in [5, 5.41) is 5.34. The first-order valence-electron chi connectivity index (χ1n) is 7.74. The molecule has 0 aliphatic carbocycles. The number of hydrogen-bond acceptors (Lipinski definition) is 2. The lowest BCUT2D eigenvalue weighted by Gasteiger charge is -2.09. The molecule has 0 atom stereocenters. The molecule has 23 heavy (non-hydrogen) atoms. The van der Waals surface area contributed by atoms with Crippen molar-refractivity contribution in [1.29, 1.82) is 0 Å². The molecule has 0 aromatic heterocycles. The third-order valence-electron chi connectivity index (χ3n) is 3.23. The fourth-order valence-electron chi connectivity index (χ4n) is 2.00. The van der Waals surface area contributed by atoms with E-state index in [1.54, 1.807) is 12.1 Å². The molecular formula is C18H21FN2O2. The van der Waals surface area contributed by atoms with Crippen LogP contribution in [0.1, 0.15) is 26.2 Å². The standard InChI is InChI=1S/C18H21FN2O2/c1-2-3-4-13-23-17-11-9-16(10-12-17)21-18(22)20-15-7-5-14(19)6-8-15/h5-12H,2-4,13H2,1H3,(H2,20,21,22). The molecule has 0 aliphatic heterocycles. The lowest BCUT2D eigenvalue weighted by molar-refractivity contribution is 0.262. The number of rotatable bonds is 7. The van der Waals surface area contributed by atoms with Crippen molar-refractivity contribution in [2.24, 2.45) is 0 Å². The second kappa shape index (κ2) is 8.78. The highest BCUT2D eigenvalue weighted by Gasteiger charge is 2.03. The van der Waals surface area contributed by atoms with Crippen LogP contribution < -0.4 is 15.4 Å². The number of amides is 2. The van der Waals surface area contributed by atoms with E-state index in [1.165, 1.54) is 24.3 Å². The minimum absolute atomic E-state index is 0.342. The van der Waals surface area contributed by atoms with Gasteiger partial charge in [-0.15, -0.1) is 0 Å². The van der Waals surface area contributed by atoms with Crippen LogP contribution in [0.25, 0.3) is 0 Å². The van der Waals surface area contributed by atoms with E-state index in [9.17, 15) is 9.18 Å². The Kier molecular flexibility index (Phi) is 6.41. The zero-order chi connectivity index (χ0) is 16.5. The third kappa shape index (κ3) is 5.98. The van der Waals surface area contributed by atoms with Crippen molar-refractivity contribution in [3.63, 3.8) is 0 Å². The largest absolute Gasteiger partial charge is 0.494 e. The molecule has 0 radical (unpaired) electrons. The number of anilines is 2. The van der Waals surface area contributed by atoms with E-state index in [0.717, 1.165) is 25.0 Å². The molecule has 2 N–H and O–H groups in total. The number of benzene rings is 2. The number of carbonyl (C=O) groups is 1. The molecule has 4 nitrogen and oxygen atoms in total. The van der Waals surface area contributed by atoms with E-state index in [1.807, 2.05) is 12.1 Å². The minimum Gasteiger partial charge on any atom is -0.494 e. The number of nitrogens with one attached hydrogen (secondary N) is 2. The van der Waals surface area contributed by atoms with Crippen LogP contribution in [0.5, 0.6) is 5.75 Å². The van der Waals surface area contributed by atoms with Gasteiger partial charge in [0.25, 0.3) is 0 Å². The van der Waals surface area contributed by atoms with Crippen molar-refractivity contribution in [2.75, 3.05) is 17.2 Å². The van der Waals surface area contributed by atoms with Crippen molar-refractivity contribution < 1.29 is 13.9 Å². The van der Waals surface area contributed by atoms with Crippen molar-refractivity contribution in [3.05, 3.63) is 54.3 Å². The number of urea groups is 1. The molecule has 0 heterocycles. The molecule has 2 aromatic carbocycles. The van der Waals surface area contributed by atoms with Gasteiger partial charge in [0.15, 0.2) is 0 Å². The van der Waals surface area contributed by atoms with Gasteiger partial charge in [0, 0.05) is 11.4 Å². The zero-order valence-electron chi connectivity index (χ0n) is 13.1. The highest BCUT2D eigenvalue weighted by Crippen LogP contribution is 2.17. The van der Waals surface area contributed by atoms with Gasteiger partial charge in [-0.05, 0) is 55.0 Å². The Morgan fingerprint density at radius 1 is 0.957 bits per heavy atom. The molecule has 5 heteroatoms. The molecule has 122 valence electrons. The Morgan fingerprint density at radius 3 is 2.09 bits per heavy atom. The Morgan fingerprint density at radius 2 is 1.52 bits per heavy atom. The van der Waals surface area contributed by atoms with Crippen LogP contribution >= 0.6 is 0 Å². The first kappa shape index (κ1) is 16.8. The van der Waals surface area contributed by atoms with E-state index < -0.39 is 0 Å². The van der Waals surface area contributed by atoms with Crippen LogP contribution in [0, 0.1) is 5.82 Å². The van der Waals surface area contributed by atoms with Crippen LogP contribution in [0.2, 0.25) is 0 Å². The monoisotopic (exact) mass is 316 g/mol. The summed E-state index contributed by atoms with van der Waals surface area (Å²) in [4.78, 5) is 11.8. The number of unbranched alkanes of at least 4 members (excludes halogenated alkanes) is 2. The molecule has 0 aliphatic rings. The summed E-state index contributed by atoms with van der Waals surface area (Å²) in [6.45, 7) is 2.85. The summed E-state index contributed by atoms with van der Waals surface area (Å²) in [7, 11) is 0. The van der Waals surface area contributed by atoms with Gasteiger partial charge in [0.2, 0.25) is 0 Å². The van der Waals surface area contributed by atoms with Crippen LogP contribution in [0.15, 0.2) is 48.5 Å². The van der Waals surface area contributed by atoms with E-state index in [0.29, 0.717) is 18.0 Å². The average molecular weight is 316 g/mol. The second-order valence-corrected chi connectivity index (χ2v) is 5.17. The van der Waals surface area contributed by atoms with Gasteiger partial charge in [0.1, 0.15) is 11.6 Å². The maximum absolute atomic E-state index is 12.8. The molecule has 0 spiro atoms. The van der Waals surface area contributed by atoms with Crippen LogP contribution in [-0.2, 0) is 0 Å². The number of halogens is 1. The summed E-state index contributed by atoms with van der Waals surface area (Å²) in [6, 6.07) is 12.4. The Bertz CT molecular complexity index is 612. The van der Waals surface area contributed by atoms with Crippen molar-refractivity contribution >= 4 is 17.4 Å². The number of carbonyl (C=O) groups excluding carboxylic acids is 1. The third-order valence-corrected chi connectivity index (χ3v) is 3.23. The van der Waals surface area contributed by atoms with Gasteiger partial charge < -0.3 is 15.4 Å². The zero-order valence-corrected chi connectivity index (χ0v) is 13.1. The number of ether oxygens (including phenoxy) is 1. The Balaban J connectivity index is 1.80. The minimum atomic E-state index is -0.381. The number of hydrogen-bond donors (Lipinski definition) is 2. The summed E-state index contributed by atoms with van der Waals surface area (Å²) in [5.74, 6) is 0.441. The predicted octanol–water partition coefficient (Wildman–Crippen LogP) is 5.04. The van der Waals surface area contributed by atoms with E-state index in [-0.39, 0.29) is 11.8 Å². The fraction of sp³-hybridized carbons (Fsp3) is 0.278. The molecular weight excluding hydrogens is 295 g/mol. The first-order valence-corrected chi connectivity index (χ1v) is 7.74. The molecule has 0 saturated heterocycles. The van der Waals surface area contributed by atoms with Gasteiger partial charge >= 0.3 is 6.03 Å². The van der Waals surface area contributed by atoms with E-state index in [4.69, 9.17) is 4.74 Å². The Labute approximate surface area is 135 Å². The maximum Gasteiger partial charge on any atom is 0.323 e. The smallest absolute Gasteiger partial charge is 0.323 e. The van der Waals surface area contributed by atoms with E-state index >= 15 is 0 Å². The van der Waals surface area contributed by atoms with Gasteiger partial charge in [0.05, 0.1) is 6.61 Å². The topological polar surface area (TPSA) is 50.4 Å². The average Bonchev–Trinajstić information content (AvgIpc) is 2.55. The molecule has 0 unspecified atom stereocenters. The van der Waals surface area contributed by atoms with Crippen LogP contribution in [0.3, 0.4) is 0 Å². The summed E-state index contributed by atoms with van der Waals surface area (Å²) in [6.07, 6.45) is 3.36. The highest BCUT2D eigenvalue weighted by atomic mass is 19.1. The van der Waals surface area contributed by atoms with Gasteiger partial charge in [-0.25, -0.2) is 9.18 Å². The summed E-state index contributed by atoms with van der Waals surface area (Å²) >= 11 is 0. The van der Waals surface area contributed by atoms with Gasteiger partial charge in [-0.2, -0.15) is 0 Å². The lowest BCUT2D eigenvalue weighted by Crippen LogP contribution is -2.19. The molecule has 2 aromatic rings. The SMILES string of the molecule is CCCCCOc1ccc(NC(=O)Nc2ccc(F)cc2)cc1. The Hall–Kier alpha value is -2.56. The quantitative estimate of drug-likeness (QED) is 0.703. The second-order valence-electron chi connectivity index (χ2n) is 5.17. The summed E-state index contributed by atoms with van der Waals surface area (Å²) in [5.41, 5.74) is 1.19. The lowest BCUT2D eigenvalue weighted by atomic mass is 10.2. The highest BCUT2D eigenvalue weighted by molar-refractivity contribution is 5.99. The van der Waals surface area contributed by atoms with Gasteiger partial charge in [-0.1, -0.05) is 19.8 Å². The van der Waals surface area contributed by atoms with Crippen LogP contribution in [-0.4, -0.2) is 12.6 Å². The normalized spacial score (nSPS) is 10.2. The fourth-order valence-corrected chi connectivity index (χ4v) is 2.00. The van der Waals surface area contributed by atoms with Crippen molar-refractivity contribution in [2.45, 2.75) is 26.2 Å². The maximum atomic E-state index is 12.8. The molecule has 0 bridgehead atoms. The first-order chi connectivity index (χ1) is 11.2. The molecule has 0 saturated carbocycles. The van der Waals surface area contributed by atoms with Gasteiger partial charge in [-0.3, -0.25) is 0 Å². The van der Waals surface area contributed by atoms with Crippen molar-refractivity contribution in [3.8, 4) is 5.75 Å². The molecule has 2 rings (SSSR count). The predicted molar refractivity (Wildman–Crippen MR) is 90.5 cm³/mol. The van der Waals surface area contributed by atoms with Crippen molar-refractivity contribution in [1.82, 2.24) is 0 Å². The van der Waals surface area contributed by atoms with E-state index in [2.05, 4.69) is 17.6 Å². The molecule has 2 amide bonds. The summed E-state index contributed by atoms with van der Waals surface area (Å²) < 4.78 is 18.4. The molecule has 0 fully saturated rings.